The first-order chi connectivity index (χ1) is 10.1. The van der Waals surface area contributed by atoms with Gasteiger partial charge >= 0.3 is 6.15 Å². The predicted molar refractivity (Wildman–Crippen MR) is 83.4 cm³/mol. The average molecular weight is 281 g/mol. The Morgan fingerprint density at radius 2 is 1.52 bits per heavy atom. The molecule has 0 N–H and O–H groups in total. The highest BCUT2D eigenvalue weighted by Gasteiger charge is 2.00. The van der Waals surface area contributed by atoms with E-state index in [0.717, 1.165) is 6.54 Å². The molecule has 3 nitrogen and oxygen atoms in total. The Kier molecular flexibility index (Phi) is 6.79. The van der Waals surface area contributed by atoms with Crippen LogP contribution in [0.5, 0.6) is 0 Å². The largest absolute Gasteiger partial charge is 0.373 e. The summed E-state index contributed by atoms with van der Waals surface area (Å²) in [5.41, 5.74) is 6.39. The zero-order chi connectivity index (χ0) is 15.7. The van der Waals surface area contributed by atoms with Crippen LogP contribution in [0.15, 0.2) is 47.5 Å². The number of aryl methyl sites for hydroxylation is 3. The number of rotatable bonds is 3. The fourth-order valence-corrected chi connectivity index (χ4v) is 2.22. The second kappa shape index (κ2) is 8.62. The standard InChI is InChI=1S/C17H19N.CO2/c1-13-9-14(2)17(15(3)10-13)12-18-11-16-7-5-4-6-8-16;2-1-3/h4-10,12H,11H2,1-3H3;. The molecule has 0 heterocycles. The number of aliphatic imine (C=N–C) groups is 1. The van der Waals surface area contributed by atoms with E-state index in [1.807, 2.05) is 24.4 Å². The second-order valence-electron chi connectivity index (χ2n) is 4.85. The van der Waals surface area contributed by atoms with Gasteiger partial charge in [0.05, 0.1) is 6.54 Å². The quantitative estimate of drug-likeness (QED) is 0.806. The number of hydrogen-bond acceptors (Lipinski definition) is 3. The predicted octanol–water partition coefficient (Wildman–Crippen LogP) is 3.65. The highest BCUT2D eigenvalue weighted by Crippen LogP contribution is 2.14. The SMILES string of the molecule is Cc1cc(C)c(C=NCc2ccccc2)c(C)c1.O=C=O. The molecule has 0 aliphatic rings. The van der Waals surface area contributed by atoms with Gasteiger partial charge in [-0.25, -0.2) is 0 Å². The van der Waals surface area contributed by atoms with Gasteiger partial charge < -0.3 is 0 Å². The van der Waals surface area contributed by atoms with Gasteiger partial charge in [-0.05, 0) is 43.0 Å². The number of nitrogens with zero attached hydrogens (tertiary/aromatic N) is 1. The average Bonchev–Trinajstić information content (AvgIpc) is 2.44. The molecule has 0 amide bonds. The highest BCUT2D eigenvalue weighted by atomic mass is 16.2. The molecule has 2 aromatic rings. The third kappa shape index (κ3) is 5.55. The van der Waals surface area contributed by atoms with Gasteiger partial charge in [-0.1, -0.05) is 48.0 Å². The van der Waals surface area contributed by atoms with Crippen molar-refractivity contribution in [1.82, 2.24) is 0 Å². The molecule has 21 heavy (non-hydrogen) atoms. The van der Waals surface area contributed by atoms with Crippen molar-refractivity contribution in [2.75, 3.05) is 0 Å². The Morgan fingerprint density at radius 3 is 2.05 bits per heavy atom. The van der Waals surface area contributed by atoms with Crippen LogP contribution in [0.3, 0.4) is 0 Å². The van der Waals surface area contributed by atoms with Crippen LogP contribution in [0.4, 0.5) is 0 Å². The van der Waals surface area contributed by atoms with Gasteiger partial charge in [0, 0.05) is 6.21 Å². The summed E-state index contributed by atoms with van der Waals surface area (Å²) in [6, 6.07) is 14.7. The van der Waals surface area contributed by atoms with Gasteiger partial charge in [-0.15, -0.1) is 0 Å². The maximum atomic E-state index is 8.12. The summed E-state index contributed by atoms with van der Waals surface area (Å²) in [4.78, 5) is 20.8. The van der Waals surface area contributed by atoms with Gasteiger partial charge in [0.25, 0.3) is 0 Å². The Hall–Kier alpha value is -2.51. The molecule has 0 fully saturated rings. The lowest BCUT2D eigenvalue weighted by Crippen LogP contribution is -1.94. The molecule has 108 valence electrons. The zero-order valence-corrected chi connectivity index (χ0v) is 12.6. The van der Waals surface area contributed by atoms with Crippen molar-refractivity contribution < 1.29 is 9.59 Å². The van der Waals surface area contributed by atoms with E-state index < -0.39 is 0 Å². The summed E-state index contributed by atoms with van der Waals surface area (Å²) < 4.78 is 0. The Morgan fingerprint density at radius 1 is 1.00 bits per heavy atom. The molecule has 2 rings (SSSR count). The minimum atomic E-state index is 0.250. The van der Waals surface area contributed by atoms with Gasteiger partial charge in [-0.3, -0.25) is 4.99 Å². The molecular weight excluding hydrogens is 262 g/mol. The van der Waals surface area contributed by atoms with Crippen molar-refractivity contribution in [1.29, 1.82) is 0 Å². The minimum Gasteiger partial charge on any atom is -0.288 e. The minimum absolute atomic E-state index is 0.250. The lowest BCUT2D eigenvalue weighted by Gasteiger charge is -2.06. The topological polar surface area (TPSA) is 46.5 Å². The van der Waals surface area contributed by atoms with Crippen LogP contribution in [-0.4, -0.2) is 12.4 Å². The molecule has 0 atom stereocenters. The number of hydrogen-bond donors (Lipinski definition) is 0. The molecule has 3 heteroatoms. The zero-order valence-electron chi connectivity index (χ0n) is 12.6. The van der Waals surface area contributed by atoms with Crippen LogP contribution in [0.1, 0.15) is 27.8 Å². The van der Waals surface area contributed by atoms with E-state index in [4.69, 9.17) is 9.59 Å². The van der Waals surface area contributed by atoms with E-state index in [1.165, 1.54) is 27.8 Å². The van der Waals surface area contributed by atoms with Crippen molar-refractivity contribution in [3.8, 4) is 0 Å². The first-order valence-corrected chi connectivity index (χ1v) is 6.69. The maximum Gasteiger partial charge on any atom is 0.373 e. The van der Waals surface area contributed by atoms with Crippen molar-refractivity contribution in [2.45, 2.75) is 27.3 Å². The van der Waals surface area contributed by atoms with Crippen molar-refractivity contribution in [2.24, 2.45) is 4.99 Å². The smallest absolute Gasteiger partial charge is 0.288 e. The van der Waals surface area contributed by atoms with Gasteiger partial charge in [0.2, 0.25) is 0 Å². The number of benzene rings is 2. The molecular formula is C18H19NO2. The van der Waals surface area contributed by atoms with Crippen LogP contribution in [-0.2, 0) is 16.1 Å². The van der Waals surface area contributed by atoms with E-state index in [0.29, 0.717) is 0 Å². The third-order valence-electron chi connectivity index (χ3n) is 3.08. The van der Waals surface area contributed by atoms with Gasteiger partial charge in [-0.2, -0.15) is 9.59 Å². The second-order valence-corrected chi connectivity index (χ2v) is 4.85. The maximum absolute atomic E-state index is 8.12. The van der Waals surface area contributed by atoms with Crippen molar-refractivity contribution >= 4 is 12.4 Å². The van der Waals surface area contributed by atoms with E-state index in [2.05, 4.69) is 50.0 Å². The van der Waals surface area contributed by atoms with Crippen LogP contribution >= 0.6 is 0 Å². The molecule has 0 aromatic heterocycles. The fourth-order valence-electron chi connectivity index (χ4n) is 2.22. The van der Waals surface area contributed by atoms with Crippen molar-refractivity contribution in [3.63, 3.8) is 0 Å². The Balaban J connectivity index is 0.000000677. The van der Waals surface area contributed by atoms with Crippen LogP contribution in [0.2, 0.25) is 0 Å². The molecule has 0 saturated carbocycles. The van der Waals surface area contributed by atoms with Gasteiger partial charge in [0.1, 0.15) is 0 Å². The molecule has 0 aliphatic heterocycles. The molecule has 0 saturated heterocycles. The molecule has 0 radical (unpaired) electrons. The van der Waals surface area contributed by atoms with E-state index in [1.54, 1.807) is 0 Å². The lowest BCUT2D eigenvalue weighted by atomic mass is 10.0. The molecule has 0 unspecified atom stereocenters. The number of carbonyl (C=O) groups excluding carboxylic acids is 2. The Labute approximate surface area is 125 Å². The normalized spacial score (nSPS) is 9.86. The van der Waals surface area contributed by atoms with Crippen LogP contribution < -0.4 is 0 Å². The molecule has 2 aromatic carbocycles. The fraction of sp³-hybridized carbons (Fsp3) is 0.222. The monoisotopic (exact) mass is 281 g/mol. The molecule has 0 aliphatic carbocycles. The van der Waals surface area contributed by atoms with E-state index in [9.17, 15) is 0 Å². The molecule has 0 spiro atoms. The Bertz CT molecular complexity index is 617. The highest BCUT2D eigenvalue weighted by molar-refractivity contribution is 5.83. The summed E-state index contributed by atoms with van der Waals surface area (Å²) in [6.45, 7) is 7.16. The molecule has 0 bridgehead atoms. The van der Waals surface area contributed by atoms with Crippen LogP contribution in [0.25, 0.3) is 0 Å². The van der Waals surface area contributed by atoms with Crippen LogP contribution in [0, 0.1) is 20.8 Å². The lowest BCUT2D eigenvalue weighted by molar-refractivity contribution is -0.191. The third-order valence-corrected chi connectivity index (χ3v) is 3.08. The first-order valence-electron chi connectivity index (χ1n) is 6.69. The van der Waals surface area contributed by atoms with E-state index in [-0.39, 0.29) is 6.15 Å². The van der Waals surface area contributed by atoms with Gasteiger partial charge in [0.15, 0.2) is 0 Å². The summed E-state index contributed by atoms with van der Waals surface area (Å²) in [5, 5.41) is 0. The first kappa shape index (κ1) is 16.5. The summed E-state index contributed by atoms with van der Waals surface area (Å²) in [6.07, 6.45) is 2.25. The van der Waals surface area contributed by atoms with Crippen molar-refractivity contribution in [3.05, 3.63) is 70.3 Å². The van der Waals surface area contributed by atoms with E-state index >= 15 is 0 Å². The summed E-state index contributed by atoms with van der Waals surface area (Å²) in [5.74, 6) is 0. The summed E-state index contributed by atoms with van der Waals surface area (Å²) >= 11 is 0. The summed E-state index contributed by atoms with van der Waals surface area (Å²) in [7, 11) is 0.